The molecule has 1 aromatic rings. The van der Waals surface area contributed by atoms with E-state index < -0.39 is 0 Å². The minimum absolute atomic E-state index is 0.0900. The summed E-state index contributed by atoms with van der Waals surface area (Å²) in [5, 5.41) is 0. The van der Waals surface area contributed by atoms with Crippen LogP contribution in [0, 0.1) is 6.92 Å². The van der Waals surface area contributed by atoms with Crippen molar-refractivity contribution in [2.75, 3.05) is 13.1 Å². The Morgan fingerprint density at radius 3 is 2.78 bits per heavy atom. The molecule has 4 nitrogen and oxygen atoms in total. The molecule has 1 fully saturated rings. The van der Waals surface area contributed by atoms with Crippen molar-refractivity contribution in [3.05, 3.63) is 23.7 Å². The summed E-state index contributed by atoms with van der Waals surface area (Å²) in [6.45, 7) is 3.24. The molecule has 18 heavy (non-hydrogen) atoms. The second-order valence-corrected chi connectivity index (χ2v) is 5.03. The van der Waals surface area contributed by atoms with Crippen LogP contribution < -0.4 is 5.73 Å². The smallest absolute Gasteiger partial charge is 0.257 e. The van der Waals surface area contributed by atoms with Crippen LogP contribution in [0.2, 0.25) is 0 Å². The third kappa shape index (κ3) is 2.93. The molecule has 1 aromatic heterocycles. The van der Waals surface area contributed by atoms with Gasteiger partial charge < -0.3 is 15.1 Å². The van der Waals surface area contributed by atoms with Gasteiger partial charge in [0.05, 0.1) is 5.56 Å². The molecule has 2 N–H and O–H groups in total. The lowest BCUT2D eigenvalue weighted by Gasteiger charge is -2.28. The van der Waals surface area contributed by atoms with E-state index in [1.807, 2.05) is 17.9 Å². The zero-order valence-electron chi connectivity index (χ0n) is 11.0. The maximum Gasteiger partial charge on any atom is 0.257 e. The van der Waals surface area contributed by atoms with Crippen molar-refractivity contribution in [1.82, 2.24) is 4.90 Å². The fraction of sp³-hybridized carbons (Fsp3) is 0.643. The predicted molar refractivity (Wildman–Crippen MR) is 70.4 cm³/mol. The first-order valence-corrected chi connectivity index (χ1v) is 6.78. The molecule has 0 spiro atoms. The first-order valence-electron chi connectivity index (χ1n) is 6.78. The van der Waals surface area contributed by atoms with Crippen LogP contribution in [-0.2, 0) is 0 Å². The van der Waals surface area contributed by atoms with E-state index in [4.69, 9.17) is 10.2 Å². The quantitative estimate of drug-likeness (QED) is 0.872. The number of carbonyl (C=O) groups excluding carboxylic acids is 1. The lowest BCUT2D eigenvalue weighted by atomic mass is 10.1. The van der Waals surface area contributed by atoms with Crippen LogP contribution in [0.15, 0.2) is 16.7 Å². The number of hydrogen-bond acceptors (Lipinski definition) is 3. The lowest BCUT2D eigenvalue weighted by molar-refractivity contribution is 0.0679. The Morgan fingerprint density at radius 1 is 1.50 bits per heavy atom. The Hall–Kier alpha value is -1.29. The lowest BCUT2D eigenvalue weighted by Crippen LogP contribution is -2.40. The molecular weight excluding hydrogens is 228 g/mol. The second-order valence-electron chi connectivity index (χ2n) is 5.03. The van der Waals surface area contributed by atoms with E-state index in [2.05, 4.69) is 0 Å². The Labute approximate surface area is 108 Å². The van der Waals surface area contributed by atoms with Gasteiger partial charge in [-0.2, -0.15) is 0 Å². The van der Waals surface area contributed by atoms with Crippen molar-refractivity contribution in [3.8, 4) is 0 Å². The molecule has 1 heterocycles. The number of nitrogens with two attached hydrogens (primary N) is 1. The summed E-state index contributed by atoms with van der Waals surface area (Å²) in [6.07, 6.45) is 7.10. The Balaban J connectivity index is 2.09. The average molecular weight is 250 g/mol. The maximum absolute atomic E-state index is 12.5. The number of furan rings is 1. The van der Waals surface area contributed by atoms with Gasteiger partial charge in [-0.3, -0.25) is 4.79 Å². The zero-order chi connectivity index (χ0) is 13.0. The largest absolute Gasteiger partial charge is 0.469 e. The Morgan fingerprint density at radius 2 is 2.22 bits per heavy atom. The summed E-state index contributed by atoms with van der Waals surface area (Å²) in [4.78, 5) is 14.5. The summed E-state index contributed by atoms with van der Waals surface area (Å²) in [7, 11) is 0. The van der Waals surface area contributed by atoms with Crippen molar-refractivity contribution in [2.45, 2.75) is 45.1 Å². The summed E-state index contributed by atoms with van der Waals surface area (Å²) < 4.78 is 5.23. The van der Waals surface area contributed by atoms with Gasteiger partial charge in [0.1, 0.15) is 12.0 Å². The molecule has 0 atom stereocenters. The van der Waals surface area contributed by atoms with Gasteiger partial charge >= 0.3 is 0 Å². The van der Waals surface area contributed by atoms with Gasteiger partial charge in [-0.1, -0.05) is 12.8 Å². The van der Waals surface area contributed by atoms with Gasteiger partial charge in [0.15, 0.2) is 0 Å². The fourth-order valence-corrected chi connectivity index (χ4v) is 2.65. The molecule has 100 valence electrons. The molecule has 0 radical (unpaired) electrons. The van der Waals surface area contributed by atoms with Gasteiger partial charge in [-0.25, -0.2) is 0 Å². The summed E-state index contributed by atoms with van der Waals surface area (Å²) in [5.41, 5.74) is 6.23. The maximum atomic E-state index is 12.5. The third-order valence-corrected chi connectivity index (χ3v) is 3.61. The zero-order valence-corrected chi connectivity index (χ0v) is 11.0. The highest BCUT2D eigenvalue weighted by Gasteiger charge is 2.27. The van der Waals surface area contributed by atoms with E-state index in [-0.39, 0.29) is 5.91 Å². The van der Waals surface area contributed by atoms with Crippen molar-refractivity contribution in [3.63, 3.8) is 0 Å². The van der Waals surface area contributed by atoms with Crippen LogP contribution in [0.3, 0.4) is 0 Å². The molecule has 1 amide bonds. The molecule has 1 aliphatic carbocycles. The van der Waals surface area contributed by atoms with Crippen LogP contribution in [-0.4, -0.2) is 29.9 Å². The van der Waals surface area contributed by atoms with E-state index in [1.54, 1.807) is 6.26 Å². The number of nitrogens with zero attached hydrogens (tertiary/aromatic N) is 1. The number of carbonyl (C=O) groups is 1. The van der Waals surface area contributed by atoms with Crippen LogP contribution in [0.25, 0.3) is 0 Å². The van der Waals surface area contributed by atoms with Gasteiger partial charge in [0.2, 0.25) is 0 Å². The molecule has 0 bridgehead atoms. The first kappa shape index (κ1) is 13.1. The van der Waals surface area contributed by atoms with Crippen molar-refractivity contribution in [1.29, 1.82) is 0 Å². The highest BCUT2D eigenvalue weighted by Crippen LogP contribution is 2.25. The standard InChI is InChI=1S/C14H22N2O2/c1-11-9-12(10-18-11)14(17)16(8-4-7-15)13-5-2-3-6-13/h9-10,13H,2-8,15H2,1H3. The van der Waals surface area contributed by atoms with Crippen LogP contribution in [0.1, 0.15) is 48.2 Å². The number of amides is 1. The van der Waals surface area contributed by atoms with Gasteiger partial charge in [0.25, 0.3) is 5.91 Å². The Kier molecular flexibility index (Phi) is 4.42. The molecule has 0 aromatic carbocycles. The van der Waals surface area contributed by atoms with Crippen molar-refractivity contribution in [2.24, 2.45) is 5.73 Å². The average Bonchev–Trinajstić information content (AvgIpc) is 3.00. The number of hydrogen-bond donors (Lipinski definition) is 1. The third-order valence-electron chi connectivity index (χ3n) is 3.61. The highest BCUT2D eigenvalue weighted by molar-refractivity contribution is 5.94. The number of aryl methyl sites for hydroxylation is 1. The number of rotatable bonds is 5. The summed E-state index contributed by atoms with van der Waals surface area (Å²) >= 11 is 0. The van der Waals surface area contributed by atoms with Crippen molar-refractivity contribution >= 4 is 5.91 Å². The molecule has 2 rings (SSSR count). The SMILES string of the molecule is Cc1cc(C(=O)N(CCCN)C2CCCC2)co1. The van der Waals surface area contributed by atoms with Crippen molar-refractivity contribution < 1.29 is 9.21 Å². The Bertz CT molecular complexity index is 394. The fourth-order valence-electron chi connectivity index (χ4n) is 2.65. The van der Waals surface area contributed by atoms with Crippen LogP contribution in [0.4, 0.5) is 0 Å². The first-order chi connectivity index (χ1) is 8.72. The van der Waals surface area contributed by atoms with E-state index in [1.165, 1.54) is 12.8 Å². The minimum Gasteiger partial charge on any atom is -0.469 e. The van der Waals surface area contributed by atoms with E-state index in [0.717, 1.165) is 31.6 Å². The molecular formula is C14H22N2O2. The predicted octanol–water partition coefficient (Wildman–Crippen LogP) is 2.32. The molecule has 0 saturated heterocycles. The molecule has 1 aliphatic rings. The minimum atomic E-state index is 0.0900. The van der Waals surface area contributed by atoms with Crippen LogP contribution in [0.5, 0.6) is 0 Å². The van der Waals surface area contributed by atoms with Gasteiger partial charge in [-0.05, 0) is 38.8 Å². The van der Waals surface area contributed by atoms with Crippen LogP contribution >= 0.6 is 0 Å². The van der Waals surface area contributed by atoms with E-state index >= 15 is 0 Å². The normalized spacial score (nSPS) is 16.1. The topological polar surface area (TPSA) is 59.5 Å². The molecule has 0 unspecified atom stereocenters. The molecule has 4 heteroatoms. The van der Waals surface area contributed by atoms with E-state index in [9.17, 15) is 4.79 Å². The highest BCUT2D eigenvalue weighted by atomic mass is 16.3. The van der Waals surface area contributed by atoms with E-state index in [0.29, 0.717) is 18.2 Å². The molecule has 1 saturated carbocycles. The summed E-state index contributed by atoms with van der Waals surface area (Å²) in [5.74, 6) is 0.871. The second kappa shape index (κ2) is 6.05. The summed E-state index contributed by atoms with van der Waals surface area (Å²) in [6, 6.07) is 2.20. The van der Waals surface area contributed by atoms with Gasteiger partial charge in [-0.15, -0.1) is 0 Å². The van der Waals surface area contributed by atoms with Gasteiger partial charge in [0, 0.05) is 12.6 Å². The monoisotopic (exact) mass is 250 g/mol. The molecule has 0 aliphatic heterocycles.